The number of benzene rings is 2. The number of imidazole rings is 1. The summed E-state index contributed by atoms with van der Waals surface area (Å²) in [5, 5.41) is 0.560. The smallest absolute Gasteiger partial charge is 0.338 e. The van der Waals surface area contributed by atoms with Crippen molar-refractivity contribution in [2.24, 2.45) is 0 Å². The lowest BCUT2D eigenvalue weighted by atomic mass is 10.2. The van der Waals surface area contributed by atoms with Gasteiger partial charge >= 0.3 is 5.97 Å². The topological polar surface area (TPSA) is 57.3 Å². The highest BCUT2D eigenvalue weighted by molar-refractivity contribution is 7.98. The van der Waals surface area contributed by atoms with Crippen molar-refractivity contribution in [3.05, 3.63) is 83.3 Å². The third kappa shape index (κ3) is 4.09. The van der Waals surface area contributed by atoms with Crippen LogP contribution in [0.15, 0.2) is 64.4 Å². The van der Waals surface area contributed by atoms with E-state index in [1.54, 1.807) is 37.5 Å². The molecule has 30 heavy (non-hydrogen) atoms. The molecule has 0 amide bonds. The second-order valence-electron chi connectivity index (χ2n) is 6.47. The van der Waals surface area contributed by atoms with Crippen molar-refractivity contribution in [2.75, 3.05) is 6.61 Å². The molecule has 0 spiro atoms. The number of ether oxygens (including phenoxy) is 1. The van der Waals surface area contributed by atoms with Crippen LogP contribution in [0.1, 0.15) is 28.6 Å². The van der Waals surface area contributed by atoms with Gasteiger partial charge in [-0.2, -0.15) is 0 Å². The molecule has 2 heterocycles. The number of nitrogens with zero attached hydrogens (tertiary/aromatic N) is 2. The van der Waals surface area contributed by atoms with Gasteiger partial charge in [-0.25, -0.2) is 18.6 Å². The monoisotopic (exact) mass is 428 g/mol. The first-order valence-corrected chi connectivity index (χ1v) is 10.3. The molecule has 0 aliphatic rings. The fourth-order valence-corrected chi connectivity index (χ4v) is 4.11. The van der Waals surface area contributed by atoms with Crippen LogP contribution in [0.5, 0.6) is 0 Å². The zero-order chi connectivity index (χ0) is 21.1. The number of esters is 1. The van der Waals surface area contributed by atoms with E-state index >= 15 is 0 Å². The second kappa shape index (κ2) is 8.71. The first-order valence-electron chi connectivity index (χ1n) is 9.32. The molecule has 0 unspecified atom stereocenters. The van der Waals surface area contributed by atoms with Crippen LogP contribution < -0.4 is 0 Å². The fourth-order valence-electron chi connectivity index (χ4n) is 3.08. The van der Waals surface area contributed by atoms with E-state index in [2.05, 4.69) is 4.98 Å². The Morgan fingerprint density at radius 1 is 1.17 bits per heavy atom. The third-order valence-corrected chi connectivity index (χ3v) is 5.53. The van der Waals surface area contributed by atoms with Crippen molar-refractivity contribution in [3.63, 3.8) is 0 Å². The maximum atomic E-state index is 14.0. The lowest BCUT2D eigenvalue weighted by Crippen LogP contribution is -2.04. The average Bonchev–Trinajstić information content (AvgIpc) is 3.36. The summed E-state index contributed by atoms with van der Waals surface area (Å²) in [6, 6.07) is 12.5. The van der Waals surface area contributed by atoms with Gasteiger partial charge in [0.25, 0.3) is 0 Å². The first kappa shape index (κ1) is 20.2. The van der Waals surface area contributed by atoms with Gasteiger partial charge in [0.2, 0.25) is 0 Å². The molecule has 0 bridgehead atoms. The van der Waals surface area contributed by atoms with Crippen molar-refractivity contribution in [1.82, 2.24) is 9.55 Å². The zero-order valence-corrected chi connectivity index (χ0v) is 16.9. The number of furan rings is 1. The highest BCUT2D eigenvalue weighted by Gasteiger charge is 2.17. The number of rotatable bonds is 7. The minimum absolute atomic E-state index is 0.00804. The van der Waals surface area contributed by atoms with Gasteiger partial charge in [-0.15, -0.1) is 0 Å². The Balaban J connectivity index is 1.71. The maximum Gasteiger partial charge on any atom is 0.338 e. The van der Waals surface area contributed by atoms with Crippen LogP contribution in [0.25, 0.3) is 11.0 Å². The average molecular weight is 428 g/mol. The number of thioether (sulfide) groups is 1. The number of carbonyl (C=O) groups is 1. The van der Waals surface area contributed by atoms with Gasteiger partial charge in [-0.1, -0.05) is 17.8 Å². The Morgan fingerprint density at radius 2 is 1.97 bits per heavy atom. The van der Waals surface area contributed by atoms with Crippen molar-refractivity contribution in [1.29, 1.82) is 0 Å². The summed E-state index contributed by atoms with van der Waals surface area (Å²) in [7, 11) is 0. The van der Waals surface area contributed by atoms with Gasteiger partial charge < -0.3 is 13.7 Å². The summed E-state index contributed by atoms with van der Waals surface area (Å²) >= 11 is 1.21. The van der Waals surface area contributed by atoms with Crippen LogP contribution in [0.3, 0.4) is 0 Å². The quantitative estimate of drug-likeness (QED) is 0.290. The van der Waals surface area contributed by atoms with Crippen molar-refractivity contribution in [3.8, 4) is 0 Å². The zero-order valence-electron chi connectivity index (χ0n) is 16.1. The Bertz CT molecular complexity index is 1170. The maximum absolute atomic E-state index is 14.0. The van der Waals surface area contributed by atoms with Crippen LogP contribution in [0.2, 0.25) is 0 Å². The standard InChI is InChI=1S/C22H18F2N2O3S/c1-2-28-21(27)14-8-9-20-19(11-14)25-22(26(20)12-15-5-4-10-29-15)30-13-16-17(23)6-3-7-18(16)24/h3-11H,2,12-13H2,1H3. The summed E-state index contributed by atoms with van der Waals surface area (Å²) in [5.41, 5.74) is 1.74. The number of halogens is 2. The van der Waals surface area contributed by atoms with Gasteiger partial charge in [-0.05, 0) is 49.4 Å². The second-order valence-corrected chi connectivity index (χ2v) is 7.42. The highest BCUT2D eigenvalue weighted by Crippen LogP contribution is 2.30. The molecule has 154 valence electrons. The predicted molar refractivity (Wildman–Crippen MR) is 109 cm³/mol. The van der Waals surface area contributed by atoms with E-state index in [1.165, 1.54) is 30.0 Å². The third-order valence-electron chi connectivity index (χ3n) is 4.53. The fraction of sp³-hybridized carbons (Fsp3) is 0.182. The summed E-state index contributed by atoms with van der Waals surface area (Å²) < 4.78 is 40.5. The van der Waals surface area contributed by atoms with Gasteiger partial charge in [0.15, 0.2) is 5.16 Å². The molecule has 5 nitrogen and oxygen atoms in total. The van der Waals surface area contributed by atoms with E-state index in [0.29, 0.717) is 28.5 Å². The molecular formula is C22H18F2N2O3S. The van der Waals surface area contributed by atoms with E-state index < -0.39 is 17.6 Å². The lowest BCUT2D eigenvalue weighted by molar-refractivity contribution is 0.0526. The molecule has 2 aromatic carbocycles. The molecule has 4 aromatic rings. The molecule has 0 atom stereocenters. The molecule has 8 heteroatoms. The van der Waals surface area contributed by atoms with Gasteiger partial charge in [0, 0.05) is 11.3 Å². The summed E-state index contributed by atoms with van der Waals surface area (Å²) in [6.07, 6.45) is 1.58. The molecule has 0 saturated heterocycles. The number of aromatic nitrogens is 2. The Kier molecular flexibility index (Phi) is 5.85. The van der Waals surface area contributed by atoms with Crippen molar-refractivity contribution < 1.29 is 22.7 Å². The SMILES string of the molecule is CCOC(=O)c1ccc2c(c1)nc(SCc1c(F)cccc1F)n2Cc1ccco1. The van der Waals surface area contributed by atoms with Gasteiger partial charge in [0.05, 0.1) is 36.0 Å². The molecule has 0 N–H and O–H groups in total. The highest BCUT2D eigenvalue weighted by atomic mass is 32.2. The van der Waals surface area contributed by atoms with Crippen molar-refractivity contribution in [2.45, 2.75) is 24.4 Å². The van der Waals surface area contributed by atoms with Crippen molar-refractivity contribution >= 4 is 28.8 Å². The van der Waals surface area contributed by atoms with E-state index in [-0.39, 0.29) is 17.9 Å². The summed E-state index contributed by atoms with van der Waals surface area (Å²) in [5.74, 6) is -0.836. The number of hydrogen-bond donors (Lipinski definition) is 0. The van der Waals surface area contributed by atoms with Gasteiger partial charge in [-0.3, -0.25) is 0 Å². The van der Waals surface area contributed by atoms with Crippen LogP contribution in [-0.4, -0.2) is 22.1 Å². The minimum atomic E-state index is -0.596. The molecule has 0 saturated carbocycles. The van der Waals surface area contributed by atoms with E-state index in [0.717, 1.165) is 5.52 Å². The first-order chi connectivity index (χ1) is 14.6. The van der Waals surface area contributed by atoms with E-state index in [4.69, 9.17) is 9.15 Å². The van der Waals surface area contributed by atoms with E-state index in [1.807, 2.05) is 10.6 Å². The van der Waals surface area contributed by atoms with Crippen LogP contribution in [-0.2, 0) is 17.0 Å². The molecule has 0 fully saturated rings. The summed E-state index contributed by atoms with van der Waals surface area (Å²) in [4.78, 5) is 16.7. The number of hydrogen-bond acceptors (Lipinski definition) is 5. The molecule has 0 aliphatic heterocycles. The molecule has 2 aromatic heterocycles. The number of fused-ring (bicyclic) bond motifs is 1. The van der Waals surface area contributed by atoms with Crippen LogP contribution in [0, 0.1) is 11.6 Å². The number of carbonyl (C=O) groups excluding carboxylic acids is 1. The largest absolute Gasteiger partial charge is 0.467 e. The molecular weight excluding hydrogens is 410 g/mol. The minimum Gasteiger partial charge on any atom is -0.467 e. The Hall–Kier alpha value is -3.13. The van der Waals surface area contributed by atoms with Gasteiger partial charge in [0.1, 0.15) is 17.4 Å². The predicted octanol–water partition coefficient (Wildman–Crippen LogP) is 5.42. The van der Waals surface area contributed by atoms with E-state index in [9.17, 15) is 13.6 Å². The lowest BCUT2D eigenvalue weighted by Gasteiger charge is -2.08. The normalized spacial score (nSPS) is 11.2. The Labute approximate surface area is 175 Å². The molecule has 0 radical (unpaired) electrons. The van der Waals surface area contributed by atoms with Crippen LogP contribution >= 0.6 is 11.8 Å². The molecule has 4 rings (SSSR count). The summed E-state index contributed by atoms with van der Waals surface area (Å²) in [6.45, 7) is 2.41. The van der Waals surface area contributed by atoms with Crippen LogP contribution in [0.4, 0.5) is 8.78 Å². The Morgan fingerprint density at radius 3 is 2.67 bits per heavy atom. The molecule has 0 aliphatic carbocycles.